The molecule has 0 amide bonds. The van der Waals surface area contributed by atoms with Crippen LogP contribution in [-0.4, -0.2) is 34.5 Å². The molecule has 2 rings (SSSR count). The standard InChI is InChI=1S/C12H14ClN3O3/c1-6-11(19-3-2-9(14)16-6)8-4-7(13)5-15-10(8)12(17)18/h4-6,11H,2-3H2,1H3,(H2,14,16)(H,17,18). The Bertz CT molecular complexity index is 533. The molecule has 0 saturated heterocycles. The summed E-state index contributed by atoms with van der Waals surface area (Å²) in [6.07, 6.45) is 1.31. The fraction of sp³-hybridized carbons (Fsp3) is 0.417. The van der Waals surface area contributed by atoms with E-state index in [0.29, 0.717) is 29.4 Å². The number of rotatable bonds is 2. The molecule has 7 heteroatoms. The van der Waals surface area contributed by atoms with Gasteiger partial charge in [0.25, 0.3) is 0 Å². The Morgan fingerprint density at radius 3 is 3.05 bits per heavy atom. The summed E-state index contributed by atoms with van der Waals surface area (Å²) < 4.78 is 5.66. The van der Waals surface area contributed by atoms with Crippen molar-refractivity contribution in [2.45, 2.75) is 25.5 Å². The number of aromatic carboxylic acids is 1. The average molecular weight is 284 g/mol. The Morgan fingerprint density at radius 1 is 1.63 bits per heavy atom. The lowest BCUT2D eigenvalue weighted by Crippen LogP contribution is -2.20. The van der Waals surface area contributed by atoms with Gasteiger partial charge < -0.3 is 15.6 Å². The van der Waals surface area contributed by atoms with E-state index in [0.717, 1.165) is 0 Å². The van der Waals surface area contributed by atoms with Crippen molar-refractivity contribution in [2.24, 2.45) is 10.7 Å². The predicted octanol–water partition coefficient (Wildman–Crippen LogP) is 1.64. The Labute approximate surface area is 115 Å². The van der Waals surface area contributed by atoms with Crippen molar-refractivity contribution in [3.63, 3.8) is 0 Å². The van der Waals surface area contributed by atoms with Crippen LogP contribution in [0.15, 0.2) is 17.3 Å². The fourth-order valence-electron chi connectivity index (χ4n) is 2.02. The van der Waals surface area contributed by atoms with Crippen molar-refractivity contribution in [1.29, 1.82) is 0 Å². The zero-order chi connectivity index (χ0) is 14.0. The number of ether oxygens (including phenoxy) is 1. The smallest absolute Gasteiger partial charge is 0.354 e. The van der Waals surface area contributed by atoms with Gasteiger partial charge in [-0.05, 0) is 13.0 Å². The highest BCUT2D eigenvalue weighted by atomic mass is 35.5. The van der Waals surface area contributed by atoms with Crippen LogP contribution in [0.1, 0.15) is 35.5 Å². The first kappa shape index (κ1) is 13.8. The molecule has 19 heavy (non-hydrogen) atoms. The van der Waals surface area contributed by atoms with Gasteiger partial charge in [0.05, 0.1) is 23.5 Å². The van der Waals surface area contributed by atoms with Gasteiger partial charge in [0.2, 0.25) is 0 Å². The molecule has 0 bridgehead atoms. The molecule has 1 aliphatic heterocycles. The minimum atomic E-state index is -1.12. The summed E-state index contributed by atoms with van der Waals surface area (Å²) in [5.74, 6) is -0.620. The van der Waals surface area contributed by atoms with Crippen LogP contribution in [0.25, 0.3) is 0 Å². The zero-order valence-electron chi connectivity index (χ0n) is 10.3. The van der Waals surface area contributed by atoms with Crippen LogP contribution in [0, 0.1) is 0 Å². The number of carboxylic acid groups (broad SMARTS) is 1. The van der Waals surface area contributed by atoms with Gasteiger partial charge >= 0.3 is 5.97 Å². The third kappa shape index (κ3) is 3.02. The monoisotopic (exact) mass is 283 g/mol. The molecule has 1 aromatic heterocycles. The fourth-order valence-corrected chi connectivity index (χ4v) is 2.19. The van der Waals surface area contributed by atoms with Gasteiger partial charge in [0.15, 0.2) is 5.69 Å². The molecule has 2 unspecified atom stereocenters. The number of pyridine rings is 1. The highest BCUT2D eigenvalue weighted by molar-refractivity contribution is 6.30. The second kappa shape index (κ2) is 5.54. The number of carbonyl (C=O) groups is 1. The maximum atomic E-state index is 11.2. The molecule has 0 aliphatic carbocycles. The highest BCUT2D eigenvalue weighted by Crippen LogP contribution is 2.29. The molecular formula is C12H14ClN3O3. The van der Waals surface area contributed by atoms with E-state index in [2.05, 4.69) is 9.98 Å². The third-order valence-corrected chi connectivity index (χ3v) is 3.06. The van der Waals surface area contributed by atoms with Crippen LogP contribution in [0.4, 0.5) is 0 Å². The molecule has 0 radical (unpaired) electrons. The van der Waals surface area contributed by atoms with Gasteiger partial charge in [-0.3, -0.25) is 4.99 Å². The maximum absolute atomic E-state index is 11.2. The summed E-state index contributed by atoms with van der Waals surface area (Å²) in [5.41, 5.74) is 6.06. The molecule has 2 heterocycles. The van der Waals surface area contributed by atoms with Crippen molar-refractivity contribution in [2.75, 3.05) is 6.61 Å². The Morgan fingerprint density at radius 2 is 2.37 bits per heavy atom. The van der Waals surface area contributed by atoms with Gasteiger partial charge in [0.1, 0.15) is 6.10 Å². The van der Waals surface area contributed by atoms with Crippen LogP contribution in [0.5, 0.6) is 0 Å². The van der Waals surface area contributed by atoms with Crippen molar-refractivity contribution in [1.82, 2.24) is 4.98 Å². The van der Waals surface area contributed by atoms with Crippen molar-refractivity contribution in [3.8, 4) is 0 Å². The number of hydrogen-bond donors (Lipinski definition) is 2. The van der Waals surface area contributed by atoms with E-state index >= 15 is 0 Å². The molecule has 1 aromatic rings. The zero-order valence-corrected chi connectivity index (χ0v) is 11.1. The van der Waals surface area contributed by atoms with E-state index in [1.807, 2.05) is 6.92 Å². The van der Waals surface area contributed by atoms with E-state index in [4.69, 9.17) is 22.1 Å². The van der Waals surface area contributed by atoms with E-state index in [1.165, 1.54) is 6.20 Å². The van der Waals surface area contributed by atoms with Gasteiger partial charge in [-0.1, -0.05) is 11.6 Å². The van der Waals surface area contributed by atoms with Crippen LogP contribution >= 0.6 is 11.6 Å². The largest absolute Gasteiger partial charge is 0.477 e. The van der Waals surface area contributed by atoms with Gasteiger partial charge in [-0.15, -0.1) is 0 Å². The topological polar surface area (TPSA) is 97.8 Å². The van der Waals surface area contributed by atoms with E-state index in [1.54, 1.807) is 6.07 Å². The van der Waals surface area contributed by atoms with Gasteiger partial charge in [-0.25, -0.2) is 9.78 Å². The lowest BCUT2D eigenvalue weighted by Gasteiger charge is -2.21. The van der Waals surface area contributed by atoms with Crippen LogP contribution in [0.2, 0.25) is 5.02 Å². The molecule has 6 nitrogen and oxygen atoms in total. The lowest BCUT2D eigenvalue weighted by atomic mass is 10.0. The second-order valence-corrected chi connectivity index (χ2v) is 4.74. The molecule has 0 saturated carbocycles. The Kier molecular flexibility index (Phi) is 4.01. The van der Waals surface area contributed by atoms with Crippen LogP contribution in [-0.2, 0) is 4.74 Å². The number of carboxylic acids is 1. The lowest BCUT2D eigenvalue weighted by molar-refractivity contribution is 0.0453. The summed E-state index contributed by atoms with van der Waals surface area (Å²) in [4.78, 5) is 19.3. The summed E-state index contributed by atoms with van der Waals surface area (Å²) >= 11 is 5.89. The van der Waals surface area contributed by atoms with Crippen molar-refractivity contribution < 1.29 is 14.6 Å². The molecular weight excluding hydrogens is 270 g/mol. The van der Waals surface area contributed by atoms with Crippen LogP contribution < -0.4 is 5.73 Å². The van der Waals surface area contributed by atoms with E-state index in [-0.39, 0.29) is 11.7 Å². The van der Waals surface area contributed by atoms with Gasteiger partial charge in [0, 0.05) is 18.2 Å². The Balaban J connectivity index is 2.45. The Hall–Kier alpha value is -1.66. The third-order valence-electron chi connectivity index (χ3n) is 2.86. The van der Waals surface area contributed by atoms with Gasteiger partial charge in [-0.2, -0.15) is 0 Å². The molecule has 1 aliphatic rings. The first-order valence-electron chi connectivity index (χ1n) is 5.81. The highest BCUT2D eigenvalue weighted by Gasteiger charge is 2.28. The summed E-state index contributed by atoms with van der Waals surface area (Å²) in [6.45, 7) is 2.20. The first-order chi connectivity index (χ1) is 8.99. The van der Waals surface area contributed by atoms with E-state index in [9.17, 15) is 9.90 Å². The quantitative estimate of drug-likeness (QED) is 0.860. The minimum Gasteiger partial charge on any atom is -0.477 e. The SMILES string of the molecule is CC1N=C(N)CCOC1c1cc(Cl)cnc1C(=O)O. The number of nitrogens with zero attached hydrogens (tertiary/aromatic N) is 2. The number of nitrogens with two attached hydrogens (primary N) is 1. The summed E-state index contributed by atoms with van der Waals surface area (Å²) in [5, 5.41) is 9.53. The molecule has 3 N–H and O–H groups in total. The van der Waals surface area contributed by atoms with Crippen molar-refractivity contribution >= 4 is 23.4 Å². The van der Waals surface area contributed by atoms with E-state index < -0.39 is 12.1 Å². The second-order valence-electron chi connectivity index (χ2n) is 4.30. The average Bonchev–Trinajstić information content (AvgIpc) is 2.49. The normalized spacial score (nSPS) is 23.6. The number of aromatic nitrogens is 1. The molecule has 2 atom stereocenters. The number of amidine groups is 1. The summed E-state index contributed by atoms with van der Waals surface area (Å²) in [6, 6.07) is 1.26. The summed E-state index contributed by atoms with van der Waals surface area (Å²) in [7, 11) is 0. The molecule has 0 fully saturated rings. The first-order valence-corrected chi connectivity index (χ1v) is 6.19. The number of halogens is 1. The maximum Gasteiger partial charge on any atom is 0.354 e. The predicted molar refractivity (Wildman–Crippen MR) is 70.6 cm³/mol. The number of hydrogen-bond acceptors (Lipinski definition) is 5. The molecule has 0 aromatic carbocycles. The molecule has 0 spiro atoms. The minimum absolute atomic E-state index is 0.0723. The van der Waals surface area contributed by atoms with Crippen molar-refractivity contribution in [3.05, 3.63) is 28.5 Å². The number of aliphatic imine (C=N–C) groups is 1. The van der Waals surface area contributed by atoms with Crippen LogP contribution in [0.3, 0.4) is 0 Å². The molecule has 102 valence electrons.